The van der Waals surface area contributed by atoms with Crippen LogP contribution in [0.4, 0.5) is 5.69 Å². The molecule has 0 aromatic heterocycles. The number of fused-ring (bicyclic) bond motifs is 7. The van der Waals surface area contributed by atoms with Crippen LogP contribution in [-0.4, -0.2) is 12.6 Å². The first-order chi connectivity index (χ1) is 13.6. The molecule has 0 amide bonds. The third-order valence-electron chi connectivity index (χ3n) is 6.91. The highest BCUT2D eigenvalue weighted by Gasteiger charge is 2.54. The van der Waals surface area contributed by atoms with Crippen molar-refractivity contribution in [1.29, 1.82) is 0 Å². The first kappa shape index (κ1) is 18.3. The van der Waals surface area contributed by atoms with Crippen molar-refractivity contribution in [3.05, 3.63) is 63.1 Å². The minimum absolute atomic E-state index is 0.146. The van der Waals surface area contributed by atoms with E-state index >= 15 is 0 Å². The van der Waals surface area contributed by atoms with Crippen LogP contribution < -0.4 is 5.32 Å². The minimum atomic E-state index is -0.245. The van der Waals surface area contributed by atoms with Crippen LogP contribution >= 0.6 is 23.2 Å². The maximum absolute atomic E-state index is 12.3. The zero-order valence-electron chi connectivity index (χ0n) is 15.8. The number of benzene rings is 2. The summed E-state index contributed by atoms with van der Waals surface area (Å²) < 4.78 is 5.22. The monoisotopic (exact) mass is 415 g/mol. The van der Waals surface area contributed by atoms with E-state index in [0.717, 1.165) is 11.3 Å². The van der Waals surface area contributed by atoms with Crippen molar-refractivity contribution in [2.75, 3.05) is 11.9 Å². The maximum atomic E-state index is 12.3. The number of rotatable bonds is 3. The highest BCUT2D eigenvalue weighted by Crippen LogP contribution is 2.64. The van der Waals surface area contributed by atoms with Gasteiger partial charge in [-0.1, -0.05) is 35.3 Å². The third kappa shape index (κ3) is 2.74. The van der Waals surface area contributed by atoms with Crippen LogP contribution in [0.3, 0.4) is 0 Å². The first-order valence-corrected chi connectivity index (χ1v) is 10.9. The summed E-state index contributed by atoms with van der Waals surface area (Å²) in [6, 6.07) is 12.0. The molecule has 5 heteroatoms. The Kier molecular flexibility index (Phi) is 4.56. The molecule has 3 nitrogen and oxygen atoms in total. The van der Waals surface area contributed by atoms with Gasteiger partial charge in [0.2, 0.25) is 0 Å². The van der Waals surface area contributed by atoms with Gasteiger partial charge in [-0.25, -0.2) is 4.79 Å². The Morgan fingerprint density at radius 2 is 1.96 bits per heavy atom. The highest BCUT2D eigenvalue weighted by atomic mass is 35.5. The lowest BCUT2D eigenvalue weighted by atomic mass is 9.68. The van der Waals surface area contributed by atoms with E-state index < -0.39 is 0 Å². The molecule has 2 aliphatic carbocycles. The van der Waals surface area contributed by atoms with Crippen molar-refractivity contribution in [2.24, 2.45) is 17.8 Å². The van der Waals surface area contributed by atoms with Crippen LogP contribution in [0.15, 0.2) is 36.4 Å². The van der Waals surface area contributed by atoms with Crippen LogP contribution in [0.1, 0.15) is 59.6 Å². The van der Waals surface area contributed by atoms with E-state index in [-0.39, 0.29) is 12.0 Å². The maximum Gasteiger partial charge on any atom is 0.338 e. The summed E-state index contributed by atoms with van der Waals surface area (Å²) in [7, 11) is 0. The molecule has 0 radical (unpaired) electrons. The Hall–Kier alpha value is -1.71. The summed E-state index contributed by atoms with van der Waals surface area (Å²) >= 11 is 12.9. The number of carbonyl (C=O) groups is 1. The molecule has 1 aliphatic heterocycles. The number of ether oxygens (including phenoxy) is 1. The second kappa shape index (κ2) is 6.96. The lowest BCUT2D eigenvalue weighted by Gasteiger charge is -2.44. The summed E-state index contributed by atoms with van der Waals surface area (Å²) in [6.07, 6.45) is 3.80. The average Bonchev–Trinajstić information content (AvgIpc) is 3.32. The summed E-state index contributed by atoms with van der Waals surface area (Å²) in [5.74, 6) is 2.03. The fraction of sp³-hybridized carbons (Fsp3) is 0.435. The van der Waals surface area contributed by atoms with E-state index in [1.807, 2.05) is 31.2 Å². The Balaban J connectivity index is 1.60. The molecule has 146 valence electrons. The van der Waals surface area contributed by atoms with Crippen LogP contribution in [0.5, 0.6) is 0 Å². The van der Waals surface area contributed by atoms with Gasteiger partial charge >= 0.3 is 5.97 Å². The number of hydrogen-bond acceptors (Lipinski definition) is 3. The molecule has 1 heterocycles. The molecule has 2 saturated carbocycles. The third-order valence-corrected chi connectivity index (χ3v) is 7.75. The van der Waals surface area contributed by atoms with Crippen LogP contribution in [0.2, 0.25) is 10.0 Å². The van der Waals surface area contributed by atoms with E-state index in [1.54, 1.807) is 0 Å². The van der Waals surface area contributed by atoms with Gasteiger partial charge in [-0.05, 0) is 85.3 Å². The molecule has 0 saturated heterocycles. The Bertz CT molecular complexity index is 944. The van der Waals surface area contributed by atoms with Gasteiger partial charge in [0.25, 0.3) is 0 Å². The Morgan fingerprint density at radius 1 is 1.14 bits per heavy atom. The smallest absolute Gasteiger partial charge is 0.338 e. The van der Waals surface area contributed by atoms with Crippen molar-refractivity contribution < 1.29 is 9.53 Å². The average molecular weight is 416 g/mol. The normalized spacial score (nSPS) is 29.8. The lowest BCUT2D eigenvalue weighted by Crippen LogP contribution is -2.35. The van der Waals surface area contributed by atoms with Gasteiger partial charge < -0.3 is 10.1 Å². The van der Waals surface area contributed by atoms with Gasteiger partial charge in [0.1, 0.15) is 0 Å². The number of carbonyl (C=O) groups excluding carboxylic acids is 1. The van der Waals surface area contributed by atoms with E-state index in [4.69, 9.17) is 27.9 Å². The second-order valence-electron chi connectivity index (χ2n) is 8.22. The number of hydrogen-bond donors (Lipinski definition) is 1. The molecule has 2 aromatic rings. The van der Waals surface area contributed by atoms with Crippen molar-refractivity contribution in [3.63, 3.8) is 0 Å². The van der Waals surface area contributed by atoms with Gasteiger partial charge in [0.05, 0.1) is 28.3 Å². The van der Waals surface area contributed by atoms with Crippen LogP contribution in [-0.2, 0) is 4.74 Å². The standard InChI is InChI=1S/C23H23Cl2NO2/c1-2-28-23(27)14-8-9-18-16(11-14)19-12-6-7-13(10-12)20(19)22(26-18)15-4-3-5-17(24)21(15)25/h3-5,8-9,11-13,19-20,22,26H,2,6-7,10H2,1H3/t12-,13-,19-,20+,22+/m0/s1. The van der Waals surface area contributed by atoms with E-state index in [0.29, 0.717) is 45.9 Å². The summed E-state index contributed by atoms with van der Waals surface area (Å²) in [4.78, 5) is 12.3. The number of nitrogens with one attached hydrogen (secondary N) is 1. The molecule has 0 spiro atoms. The summed E-state index contributed by atoms with van der Waals surface area (Å²) in [5, 5.41) is 4.99. The van der Waals surface area contributed by atoms with Gasteiger partial charge in [-0.3, -0.25) is 0 Å². The van der Waals surface area contributed by atoms with Crippen molar-refractivity contribution in [2.45, 2.75) is 38.1 Å². The van der Waals surface area contributed by atoms with Crippen molar-refractivity contribution in [3.8, 4) is 0 Å². The molecule has 28 heavy (non-hydrogen) atoms. The zero-order chi connectivity index (χ0) is 19.4. The van der Waals surface area contributed by atoms with Gasteiger partial charge in [-0.15, -0.1) is 0 Å². The number of halogens is 2. The minimum Gasteiger partial charge on any atom is -0.462 e. The van der Waals surface area contributed by atoms with Crippen LogP contribution in [0.25, 0.3) is 0 Å². The van der Waals surface area contributed by atoms with Gasteiger partial charge in [0.15, 0.2) is 0 Å². The fourth-order valence-electron chi connectivity index (χ4n) is 5.90. The molecule has 5 atom stereocenters. The molecular weight excluding hydrogens is 393 g/mol. The summed E-state index contributed by atoms with van der Waals surface area (Å²) in [5.41, 5.74) is 4.08. The van der Waals surface area contributed by atoms with E-state index in [9.17, 15) is 4.79 Å². The number of esters is 1. The van der Waals surface area contributed by atoms with Crippen LogP contribution in [0, 0.1) is 17.8 Å². The first-order valence-electron chi connectivity index (χ1n) is 10.1. The van der Waals surface area contributed by atoms with Crippen molar-refractivity contribution >= 4 is 34.9 Å². The molecule has 3 aliphatic rings. The van der Waals surface area contributed by atoms with Gasteiger partial charge in [0, 0.05) is 5.69 Å². The molecule has 2 aromatic carbocycles. The lowest BCUT2D eigenvalue weighted by molar-refractivity contribution is 0.0526. The molecule has 1 N–H and O–H groups in total. The molecular formula is C23H23Cl2NO2. The quantitative estimate of drug-likeness (QED) is 0.583. The SMILES string of the molecule is CCOC(=O)c1ccc2c(c1)[C@@H]1[C@H]3CC[C@@H](C3)[C@H]1[C@@H](c1cccc(Cl)c1Cl)N2. The molecule has 2 fully saturated rings. The summed E-state index contributed by atoms with van der Waals surface area (Å²) in [6.45, 7) is 2.23. The highest BCUT2D eigenvalue weighted by molar-refractivity contribution is 6.42. The zero-order valence-corrected chi connectivity index (χ0v) is 17.3. The Labute approximate surface area is 175 Å². The topological polar surface area (TPSA) is 38.3 Å². The van der Waals surface area contributed by atoms with E-state index in [1.165, 1.54) is 24.8 Å². The van der Waals surface area contributed by atoms with Gasteiger partial charge in [-0.2, -0.15) is 0 Å². The number of anilines is 1. The molecule has 0 unspecified atom stereocenters. The second-order valence-corrected chi connectivity index (χ2v) is 9.01. The molecule has 5 rings (SSSR count). The predicted molar refractivity (Wildman–Crippen MR) is 112 cm³/mol. The fourth-order valence-corrected chi connectivity index (χ4v) is 6.32. The largest absolute Gasteiger partial charge is 0.462 e. The Morgan fingerprint density at radius 3 is 2.79 bits per heavy atom. The van der Waals surface area contributed by atoms with E-state index in [2.05, 4.69) is 17.4 Å². The van der Waals surface area contributed by atoms with Crippen molar-refractivity contribution in [1.82, 2.24) is 0 Å². The molecule has 2 bridgehead atoms. The predicted octanol–water partition coefficient (Wildman–Crippen LogP) is 6.47.